The molecular formula is C8H19NO. The van der Waals surface area contributed by atoms with E-state index in [1.807, 2.05) is 0 Å². The third-order valence-electron chi connectivity index (χ3n) is 1.68. The summed E-state index contributed by atoms with van der Waals surface area (Å²) in [6, 6.07) is 0.312. The maximum atomic E-state index is 8.76. The van der Waals surface area contributed by atoms with Crippen LogP contribution in [0.25, 0.3) is 0 Å². The van der Waals surface area contributed by atoms with Crippen LogP contribution in [-0.4, -0.2) is 24.3 Å². The van der Waals surface area contributed by atoms with Crippen molar-refractivity contribution in [1.82, 2.24) is 5.32 Å². The molecule has 0 unspecified atom stereocenters. The van der Waals surface area contributed by atoms with E-state index in [0.717, 1.165) is 13.0 Å². The van der Waals surface area contributed by atoms with E-state index in [0.29, 0.717) is 6.04 Å². The quantitative estimate of drug-likeness (QED) is 0.549. The van der Waals surface area contributed by atoms with Crippen molar-refractivity contribution in [3.8, 4) is 0 Å². The average molecular weight is 145 g/mol. The zero-order valence-electron chi connectivity index (χ0n) is 7.06. The van der Waals surface area contributed by atoms with Crippen LogP contribution in [0.15, 0.2) is 0 Å². The Morgan fingerprint density at radius 2 is 2.10 bits per heavy atom. The largest absolute Gasteiger partial charge is 0.395 e. The van der Waals surface area contributed by atoms with E-state index in [4.69, 9.17) is 5.11 Å². The first-order valence-corrected chi connectivity index (χ1v) is 4.19. The maximum Gasteiger partial charge on any atom is 0.0584 e. The van der Waals surface area contributed by atoms with E-state index in [1.54, 1.807) is 0 Å². The second-order valence-corrected chi connectivity index (χ2v) is 2.60. The second kappa shape index (κ2) is 7.03. The van der Waals surface area contributed by atoms with E-state index in [9.17, 15) is 0 Å². The third kappa shape index (κ3) is 4.77. The first-order valence-electron chi connectivity index (χ1n) is 4.19. The van der Waals surface area contributed by atoms with Crippen molar-refractivity contribution in [3.05, 3.63) is 0 Å². The van der Waals surface area contributed by atoms with Crippen LogP contribution < -0.4 is 5.32 Å². The van der Waals surface area contributed by atoms with Gasteiger partial charge in [-0.25, -0.2) is 0 Å². The lowest BCUT2D eigenvalue weighted by Crippen LogP contribution is -2.32. The predicted molar refractivity (Wildman–Crippen MR) is 44.1 cm³/mol. The molecule has 2 heteroatoms. The van der Waals surface area contributed by atoms with E-state index in [2.05, 4.69) is 19.2 Å². The standard InChI is InChI=1S/C8H19NO/c1-3-5-6-9-8(4-2)7-10/h8-10H,3-7H2,1-2H3/t8-/m0/s1. The van der Waals surface area contributed by atoms with Crippen LogP contribution in [0.1, 0.15) is 33.1 Å². The highest BCUT2D eigenvalue weighted by atomic mass is 16.3. The maximum absolute atomic E-state index is 8.76. The predicted octanol–water partition coefficient (Wildman–Crippen LogP) is 1.15. The van der Waals surface area contributed by atoms with Crippen LogP contribution in [0, 0.1) is 0 Å². The summed E-state index contributed by atoms with van der Waals surface area (Å²) >= 11 is 0. The number of hydrogen-bond acceptors (Lipinski definition) is 2. The van der Waals surface area contributed by atoms with Crippen LogP contribution in [0.5, 0.6) is 0 Å². The van der Waals surface area contributed by atoms with Crippen molar-refractivity contribution in [3.63, 3.8) is 0 Å². The molecule has 0 fully saturated rings. The lowest BCUT2D eigenvalue weighted by atomic mass is 10.2. The molecule has 2 nitrogen and oxygen atoms in total. The fourth-order valence-electron chi connectivity index (χ4n) is 0.821. The fraction of sp³-hybridized carbons (Fsp3) is 1.00. The molecule has 0 aliphatic heterocycles. The van der Waals surface area contributed by atoms with Crippen LogP contribution in [0.3, 0.4) is 0 Å². The Morgan fingerprint density at radius 1 is 1.40 bits per heavy atom. The van der Waals surface area contributed by atoms with E-state index < -0.39 is 0 Å². The number of nitrogens with one attached hydrogen (secondary N) is 1. The number of aliphatic hydroxyl groups excluding tert-OH is 1. The fourth-order valence-corrected chi connectivity index (χ4v) is 0.821. The SMILES string of the molecule is CCCCN[C@@H](CC)CO. The molecule has 0 aromatic carbocycles. The molecule has 0 aliphatic rings. The monoisotopic (exact) mass is 145 g/mol. The summed E-state index contributed by atoms with van der Waals surface area (Å²) in [5, 5.41) is 12.0. The smallest absolute Gasteiger partial charge is 0.0584 e. The van der Waals surface area contributed by atoms with Gasteiger partial charge in [-0.15, -0.1) is 0 Å². The van der Waals surface area contributed by atoms with Gasteiger partial charge >= 0.3 is 0 Å². The van der Waals surface area contributed by atoms with Crippen molar-refractivity contribution < 1.29 is 5.11 Å². The topological polar surface area (TPSA) is 32.3 Å². The van der Waals surface area contributed by atoms with Crippen molar-refractivity contribution in [2.24, 2.45) is 0 Å². The van der Waals surface area contributed by atoms with Gasteiger partial charge in [0.25, 0.3) is 0 Å². The molecule has 0 radical (unpaired) electrons. The Kier molecular flexibility index (Phi) is 6.98. The summed E-state index contributed by atoms with van der Waals surface area (Å²) in [6.07, 6.45) is 3.44. The summed E-state index contributed by atoms with van der Waals surface area (Å²) in [5.74, 6) is 0. The van der Waals surface area contributed by atoms with Gasteiger partial charge in [0, 0.05) is 6.04 Å². The van der Waals surface area contributed by atoms with Crippen LogP contribution in [-0.2, 0) is 0 Å². The van der Waals surface area contributed by atoms with Gasteiger partial charge in [0.05, 0.1) is 6.61 Å². The van der Waals surface area contributed by atoms with Crippen molar-refractivity contribution in [2.45, 2.75) is 39.2 Å². The van der Waals surface area contributed by atoms with E-state index in [-0.39, 0.29) is 6.61 Å². The molecule has 0 aliphatic carbocycles. The number of rotatable bonds is 6. The molecule has 0 aromatic heterocycles. The summed E-state index contributed by atoms with van der Waals surface area (Å²) < 4.78 is 0. The first kappa shape index (κ1) is 9.92. The molecule has 62 valence electrons. The Hall–Kier alpha value is -0.0800. The van der Waals surface area contributed by atoms with Crippen LogP contribution in [0.2, 0.25) is 0 Å². The minimum atomic E-state index is 0.264. The number of aliphatic hydroxyl groups is 1. The Labute approximate surface area is 63.6 Å². The molecule has 0 spiro atoms. The highest BCUT2D eigenvalue weighted by Gasteiger charge is 2.00. The Bertz CT molecular complexity index is 62.3. The summed E-state index contributed by atoms with van der Waals surface area (Å²) in [5.41, 5.74) is 0. The van der Waals surface area contributed by atoms with Crippen molar-refractivity contribution in [1.29, 1.82) is 0 Å². The molecule has 10 heavy (non-hydrogen) atoms. The van der Waals surface area contributed by atoms with E-state index in [1.165, 1.54) is 12.8 Å². The molecule has 2 N–H and O–H groups in total. The molecule has 1 atom stereocenters. The van der Waals surface area contributed by atoms with Crippen molar-refractivity contribution >= 4 is 0 Å². The highest BCUT2D eigenvalue weighted by molar-refractivity contribution is 4.61. The van der Waals surface area contributed by atoms with Gasteiger partial charge in [0.15, 0.2) is 0 Å². The van der Waals surface area contributed by atoms with Crippen LogP contribution in [0.4, 0.5) is 0 Å². The minimum absolute atomic E-state index is 0.264. The molecule has 0 rings (SSSR count). The average Bonchev–Trinajstić information content (AvgIpc) is 1.99. The lowest BCUT2D eigenvalue weighted by Gasteiger charge is -2.12. The van der Waals surface area contributed by atoms with Gasteiger partial charge in [0.1, 0.15) is 0 Å². The second-order valence-electron chi connectivity index (χ2n) is 2.60. The molecule has 0 bridgehead atoms. The number of hydrogen-bond donors (Lipinski definition) is 2. The molecule has 0 saturated carbocycles. The van der Waals surface area contributed by atoms with Crippen molar-refractivity contribution in [2.75, 3.05) is 13.2 Å². The lowest BCUT2D eigenvalue weighted by molar-refractivity contribution is 0.239. The van der Waals surface area contributed by atoms with Gasteiger partial charge < -0.3 is 10.4 Å². The molecule has 0 amide bonds. The molecular weight excluding hydrogens is 126 g/mol. The zero-order chi connectivity index (χ0) is 7.82. The zero-order valence-corrected chi connectivity index (χ0v) is 7.06. The summed E-state index contributed by atoms with van der Waals surface area (Å²) in [7, 11) is 0. The molecule has 0 heterocycles. The summed E-state index contributed by atoms with van der Waals surface area (Å²) in [6.45, 7) is 5.55. The Morgan fingerprint density at radius 3 is 2.50 bits per heavy atom. The van der Waals surface area contributed by atoms with Gasteiger partial charge in [-0.1, -0.05) is 20.3 Å². The molecule has 0 aromatic rings. The van der Waals surface area contributed by atoms with Gasteiger partial charge in [-0.2, -0.15) is 0 Å². The van der Waals surface area contributed by atoms with Gasteiger partial charge in [-0.3, -0.25) is 0 Å². The number of unbranched alkanes of at least 4 members (excludes halogenated alkanes) is 1. The highest BCUT2D eigenvalue weighted by Crippen LogP contribution is 1.90. The summed E-state index contributed by atoms with van der Waals surface area (Å²) in [4.78, 5) is 0. The van der Waals surface area contributed by atoms with Gasteiger partial charge in [-0.05, 0) is 19.4 Å². The molecule has 0 saturated heterocycles. The Balaban J connectivity index is 3.09. The normalized spacial score (nSPS) is 13.5. The van der Waals surface area contributed by atoms with Crippen LogP contribution >= 0.6 is 0 Å². The minimum Gasteiger partial charge on any atom is -0.395 e. The van der Waals surface area contributed by atoms with Gasteiger partial charge in [0.2, 0.25) is 0 Å². The first-order chi connectivity index (χ1) is 4.85. The third-order valence-corrected chi connectivity index (χ3v) is 1.68. The van der Waals surface area contributed by atoms with E-state index >= 15 is 0 Å².